The van der Waals surface area contributed by atoms with Crippen LogP contribution in [-0.2, 0) is 14.3 Å². The molecular formula is C19H33NaO4. The first kappa shape index (κ1) is 28.2. The molecule has 5 heteroatoms. The second-order valence-corrected chi connectivity index (χ2v) is 5.62. The van der Waals surface area contributed by atoms with Gasteiger partial charge in [-0.15, -0.1) is 0 Å². The van der Waals surface area contributed by atoms with Crippen LogP contribution < -0.4 is 34.7 Å². The molecule has 0 aliphatic heterocycles. The molecule has 0 rings (SSSR count). The quantitative estimate of drug-likeness (QED) is 0.215. The molecule has 0 saturated carbocycles. The molecule has 0 N–H and O–H groups in total. The first-order chi connectivity index (χ1) is 11.0. The molecule has 0 spiro atoms. The molecule has 0 radical (unpaired) electrons. The Morgan fingerprint density at radius 1 is 0.958 bits per heavy atom. The van der Waals surface area contributed by atoms with Crippen LogP contribution in [0, 0.1) is 0 Å². The molecule has 0 aromatic heterocycles. The summed E-state index contributed by atoms with van der Waals surface area (Å²) in [7, 11) is 0. The fourth-order valence-corrected chi connectivity index (χ4v) is 1.88. The van der Waals surface area contributed by atoms with Gasteiger partial charge >= 0.3 is 35.5 Å². The van der Waals surface area contributed by atoms with Crippen molar-refractivity contribution < 1.29 is 49.0 Å². The molecule has 0 fully saturated rings. The molecule has 0 amide bonds. The maximum atomic E-state index is 11.1. The molecule has 0 aliphatic carbocycles. The Balaban J connectivity index is -0.000000639. The number of rotatable bonds is 13. The van der Waals surface area contributed by atoms with Gasteiger partial charge in [-0.25, -0.2) is 4.79 Å². The van der Waals surface area contributed by atoms with Crippen LogP contribution in [0.5, 0.6) is 0 Å². The van der Waals surface area contributed by atoms with Gasteiger partial charge in [0.15, 0.2) is 0 Å². The molecule has 134 valence electrons. The Kier molecular flexibility index (Phi) is 26.4. The maximum absolute atomic E-state index is 11.1. The van der Waals surface area contributed by atoms with E-state index in [0.29, 0.717) is 12.2 Å². The second-order valence-electron chi connectivity index (χ2n) is 5.62. The number of carboxylic acid groups (broad SMARTS) is 1. The van der Waals surface area contributed by atoms with E-state index in [2.05, 4.69) is 20.1 Å². The van der Waals surface area contributed by atoms with Gasteiger partial charge in [-0.05, 0) is 19.4 Å². The van der Waals surface area contributed by atoms with Gasteiger partial charge < -0.3 is 14.6 Å². The van der Waals surface area contributed by atoms with E-state index in [1.807, 2.05) is 0 Å². The number of aliphatic carboxylic acids is 1. The van der Waals surface area contributed by atoms with Crippen LogP contribution in [0.15, 0.2) is 24.8 Å². The monoisotopic (exact) mass is 348 g/mol. The van der Waals surface area contributed by atoms with Gasteiger partial charge in [0, 0.05) is 5.57 Å². The molecule has 4 nitrogen and oxygen atoms in total. The summed E-state index contributed by atoms with van der Waals surface area (Å²) in [6.07, 6.45) is 13.7. The van der Waals surface area contributed by atoms with Gasteiger partial charge in [-0.2, -0.15) is 0 Å². The summed E-state index contributed by atoms with van der Waals surface area (Å²) in [5.74, 6) is -1.49. The van der Waals surface area contributed by atoms with Crippen LogP contribution in [0.2, 0.25) is 0 Å². The molecule has 0 heterocycles. The number of unbranched alkanes of at least 4 members (excludes halogenated alkanes) is 9. The number of hydrogen-bond acceptors (Lipinski definition) is 4. The molecule has 0 unspecified atom stereocenters. The largest absolute Gasteiger partial charge is 1.00 e. The van der Waals surface area contributed by atoms with E-state index in [4.69, 9.17) is 14.6 Å². The first-order valence-corrected chi connectivity index (χ1v) is 8.61. The summed E-state index contributed by atoms with van der Waals surface area (Å²) in [6.45, 7) is 10.9. The minimum atomic E-state index is -1.23. The number of carbonyl (C=O) groups excluding carboxylic acids is 2. The molecule has 0 aliphatic rings. The van der Waals surface area contributed by atoms with E-state index >= 15 is 0 Å². The third kappa shape index (κ3) is 26.3. The molecule has 0 saturated heterocycles. The predicted octanol–water partition coefficient (Wildman–Crippen LogP) is 0.953. The third-order valence-corrected chi connectivity index (χ3v) is 3.25. The normalized spacial score (nSPS) is 9.08. The van der Waals surface area contributed by atoms with Gasteiger partial charge in [-0.3, -0.25) is 0 Å². The number of esters is 1. The first-order valence-electron chi connectivity index (χ1n) is 8.61. The smallest absolute Gasteiger partial charge is 0.545 e. The van der Waals surface area contributed by atoms with Crippen molar-refractivity contribution in [3.05, 3.63) is 24.8 Å². The molecule has 24 heavy (non-hydrogen) atoms. The van der Waals surface area contributed by atoms with Crippen LogP contribution >= 0.6 is 0 Å². The van der Waals surface area contributed by atoms with Crippen molar-refractivity contribution in [2.45, 2.75) is 78.1 Å². The van der Waals surface area contributed by atoms with Crippen LogP contribution in [0.25, 0.3) is 0 Å². The maximum Gasteiger partial charge on any atom is 1.00 e. The fraction of sp³-hybridized carbons (Fsp3) is 0.684. The van der Waals surface area contributed by atoms with E-state index in [1.165, 1.54) is 57.8 Å². The predicted molar refractivity (Wildman–Crippen MR) is 92.8 cm³/mol. The zero-order valence-corrected chi connectivity index (χ0v) is 17.9. The molecule has 0 atom stereocenters. The van der Waals surface area contributed by atoms with Crippen molar-refractivity contribution >= 4 is 11.9 Å². The summed E-state index contributed by atoms with van der Waals surface area (Å²) < 4.78 is 5.04. The van der Waals surface area contributed by atoms with Crippen molar-refractivity contribution in [2.24, 2.45) is 0 Å². The molecule has 0 aromatic rings. The van der Waals surface area contributed by atoms with Gasteiger partial charge in [0.05, 0.1) is 12.6 Å². The number of hydrogen-bond donors (Lipinski definition) is 0. The SMILES string of the molecule is C=C(C)C(=O)OCCCCCCCCCCCC.C=CC(=O)[O-].[Na+]. The summed E-state index contributed by atoms with van der Waals surface area (Å²) in [5.41, 5.74) is 0.488. The van der Waals surface area contributed by atoms with Crippen molar-refractivity contribution in [1.82, 2.24) is 0 Å². The molecule has 0 bridgehead atoms. The molecule has 0 aromatic carbocycles. The Morgan fingerprint density at radius 2 is 1.33 bits per heavy atom. The zero-order valence-electron chi connectivity index (χ0n) is 15.9. The Bertz CT molecular complexity index is 340. The van der Waals surface area contributed by atoms with E-state index in [9.17, 15) is 4.79 Å². The Labute approximate surface area is 170 Å². The van der Waals surface area contributed by atoms with E-state index < -0.39 is 5.97 Å². The summed E-state index contributed by atoms with van der Waals surface area (Å²) in [5, 5.41) is 9.14. The van der Waals surface area contributed by atoms with Crippen LogP contribution in [0.1, 0.15) is 78.1 Å². The topological polar surface area (TPSA) is 66.4 Å². The summed E-state index contributed by atoms with van der Waals surface area (Å²) in [4.78, 5) is 20.2. The average Bonchev–Trinajstić information content (AvgIpc) is 2.52. The van der Waals surface area contributed by atoms with Crippen LogP contribution in [0.3, 0.4) is 0 Å². The fourth-order valence-electron chi connectivity index (χ4n) is 1.88. The van der Waals surface area contributed by atoms with Crippen molar-refractivity contribution in [2.75, 3.05) is 6.61 Å². The van der Waals surface area contributed by atoms with E-state index in [-0.39, 0.29) is 35.5 Å². The van der Waals surface area contributed by atoms with Crippen molar-refractivity contribution in [1.29, 1.82) is 0 Å². The number of ether oxygens (including phenoxy) is 1. The minimum Gasteiger partial charge on any atom is -0.545 e. The van der Waals surface area contributed by atoms with Gasteiger partial charge in [0.2, 0.25) is 0 Å². The van der Waals surface area contributed by atoms with Gasteiger partial charge in [-0.1, -0.05) is 77.9 Å². The van der Waals surface area contributed by atoms with E-state index in [1.54, 1.807) is 6.92 Å². The van der Waals surface area contributed by atoms with Crippen LogP contribution in [0.4, 0.5) is 0 Å². The van der Waals surface area contributed by atoms with Gasteiger partial charge in [0.25, 0.3) is 0 Å². The zero-order chi connectivity index (χ0) is 17.9. The summed E-state index contributed by atoms with van der Waals surface area (Å²) >= 11 is 0. The van der Waals surface area contributed by atoms with Gasteiger partial charge in [0.1, 0.15) is 0 Å². The van der Waals surface area contributed by atoms with Crippen molar-refractivity contribution in [3.63, 3.8) is 0 Å². The average molecular weight is 348 g/mol. The number of carbonyl (C=O) groups is 2. The molecular weight excluding hydrogens is 315 g/mol. The Hall–Kier alpha value is -0.580. The third-order valence-electron chi connectivity index (χ3n) is 3.25. The van der Waals surface area contributed by atoms with Crippen LogP contribution in [-0.4, -0.2) is 18.5 Å². The van der Waals surface area contributed by atoms with E-state index in [0.717, 1.165) is 12.5 Å². The Morgan fingerprint density at radius 3 is 1.67 bits per heavy atom. The number of carboxylic acids is 1. The minimum absolute atomic E-state index is 0. The standard InChI is InChI=1S/C16H30O2.C3H4O2.Na/c1-4-5-6-7-8-9-10-11-12-13-14-18-16(17)15(2)3;1-2-3(4)5;/h2,4-14H2,1,3H3;2H,1H2,(H,4,5);/q;;+1/p-1. The summed E-state index contributed by atoms with van der Waals surface area (Å²) in [6, 6.07) is 0. The second kappa shape index (κ2) is 22.4. The van der Waals surface area contributed by atoms with Crippen molar-refractivity contribution in [3.8, 4) is 0 Å².